The minimum Gasteiger partial charge on any atom is -0.496 e. The van der Waals surface area contributed by atoms with Crippen LogP contribution in [0.1, 0.15) is 24.0 Å². The molecule has 0 spiro atoms. The highest BCUT2D eigenvalue weighted by atomic mass is 35.5. The first-order valence-electron chi connectivity index (χ1n) is 9.49. The summed E-state index contributed by atoms with van der Waals surface area (Å²) < 4.78 is 5.26. The molecule has 2 aromatic rings. The van der Waals surface area contributed by atoms with Gasteiger partial charge < -0.3 is 20.3 Å². The van der Waals surface area contributed by atoms with Gasteiger partial charge in [0.15, 0.2) is 0 Å². The first-order valence-corrected chi connectivity index (χ1v) is 9.87. The second kappa shape index (κ2) is 9.98. The maximum atomic E-state index is 12.2. The third-order valence-corrected chi connectivity index (χ3v) is 4.88. The number of benzene rings is 2. The minimum absolute atomic E-state index is 0.0814. The van der Waals surface area contributed by atoms with Gasteiger partial charge in [-0.2, -0.15) is 0 Å². The zero-order valence-electron chi connectivity index (χ0n) is 16.3. The number of nitrogens with one attached hydrogen (secondary N) is 2. The fourth-order valence-electron chi connectivity index (χ4n) is 3.13. The maximum absolute atomic E-state index is 12.2. The summed E-state index contributed by atoms with van der Waals surface area (Å²) >= 11 is 6.00. The Bertz CT molecular complexity index is 908. The number of ether oxygens (including phenoxy) is 1. The van der Waals surface area contributed by atoms with Crippen molar-refractivity contribution in [1.82, 2.24) is 10.2 Å². The van der Waals surface area contributed by atoms with Gasteiger partial charge in [0.05, 0.1) is 7.11 Å². The maximum Gasteiger partial charge on any atom is 0.321 e. The highest BCUT2D eigenvalue weighted by molar-refractivity contribution is 6.30. The van der Waals surface area contributed by atoms with E-state index in [0.29, 0.717) is 23.0 Å². The van der Waals surface area contributed by atoms with E-state index in [9.17, 15) is 9.59 Å². The van der Waals surface area contributed by atoms with E-state index in [1.165, 1.54) is 6.08 Å². The summed E-state index contributed by atoms with van der Waals surface area (Å²) in [6.07, 6.45) is 5.20. The van der Waals surface area contributed by atoms with Gasteiger partial charge in [-0.05, 0) is 54.8 Å². The first-order chi connectivity index (χ1) is 14.0. The normalized spacial score (nSPS) is 13.5. The van der Waals surface area contributed by atoms with Crippen molar-refractivity contribution >= 4 is 35.3 Å². The number of nitrogens with zero attached hydrogens (tertiary/aromatic N) is 1. The van der Waals surface area contributed by atoms with Crippen molar-refractivity contribution in [2.24, 2.45) is 0 Å². The number of urea groups is 1. The van der Waals surface area contributed by atoms with Gasteiger partial charge in [0.2, 0.25) is 5.91 Å². The van der Waals surface area contributed by atoms with Gasteiger partial charge in [-0.1, -0.05) is 23.7 Å². The van der Waals surface area contributed by atoms with Crippen LogP contribution < -0.4 is 15.4 Å². The number of methoxy groups -OCH3 is 1. The van der Waals surface area contributed by atoms with Crippen LogP contribution in [-0.2, 0) is 11.3 Å². The molecule has 0 radical (unpaired) electrons. The monoisotopic (exact) mass is 413 g/mol. The second-order valence-electron chi connectivity index (χ2n) is 6.76. The molecule has 152 valence electrons. The number of hydrogen-bond donors (Lipinski definition) is 2. The average Bonchev–Trinajstić information content (AvgIpc) is 3.26. The molecule has 29 heavy (non-hydrogen) atoms. The van der Waals surface area contributed by atoms with Crippen LogP contribution in [0.5, 0.6) is 5.75 Å². The molecule has 1 saturated heterocycles. The zero-order chi connectivity index (χ0) is 20.6. The van der Waals surface area contributed by atoms with Crippen molar-refractivity contribution in [3.05, 3.63) is 64.7 Å². The van der Waals surface area contributed by atoms with Crippen molar-refractivity contribution in [2.75, 3.05) is 25.5 Å². The molecule has 1 aliphatic heterocycles. The van der Waals surface area contributed by atoms with Crippen LogP contribution in [0.3, 0.4) is 0 Å². The second-order valence-corrected chi connectivity index (χ2v) is 7.20. The molecule has 3 amide bonds. The Morgan fingerprint density at radius 3 is 2.72 bits per heavy atom. The fraction of sp³-hybridized carbons (Fsp3) is 0.273. The molecule has 0 saturated carbocycles. The van der Waals surface area contributed by atoms with Crippen molar-refractivity contribution in [2.45, 2.75) is 19.4 Å². The predicted molar refractivity (Wildman–Crippen MR) is 115 cm³/mol. The Labute approximate surface area is 175 Å². The van der Waals surface area contributed by atoms with Crippen molar-refractivity contribution in [3.8, 4) is 5.75 Å². The third-order valence-electron chi connectivity index (χ3n) is 4.64. The average molecular weight is 414 g/mol. The van der Waals surface area contributed by atoms with Gasteiger partial charge in [-0.25, -0.2) is 4.79 Å². The molecule has 2 aromatic carbocycles. The molecule has 0 atom stereocenters. The summed E-state index contributed by atoms with van der Waals surface area (Å²) in [5.74, 6) is 0.401. The van der Waals surface area contributed by atoms with Crippen LogP contribution in [0.15, 0.2) is 48.5 Å². The number of halogens is 1. The molecule has 1 heterocycles. The Kier molecular flexibility index (Phi) is 7.14. The highest BCUT2D eigenvalue weighted by Gasteiger charge is 2.17. The van der Waals surface area contributed by atoms with E-state index in [1.807, 2.05) is 29.2 Å². The van der Waals surface area contributed by atoms with Crippen LogP contribution >= 0.6 is 11.6 Å². The molecule has 1 aliphatic rings. The van der Waals surface area contributed by atoms with Gasteiger partial charge in [0, 0.05) is 42.0 Å². The first kappa shape index (κ1) is 20.7. The number of carbonyl (C=O) groups is 2. The number of likely N-dealkylation sites (tertiary alicyclic amines) is 1. The summed E-state index contributed by atoms with van der Waals surface area (Å²) in [6, 6.07) is 12.6. The molecule has 7 heteroatoms. The van der Waals surface area contributed by atoms with Gasteiger partial charge in [0.25, 0.3) is 0 Å². The third kappa shape index (κ3) is 5.99. The lowest BCUT2D eigenvalue weighted by Gasteiger charge is -2.16. The van der Waals surface area contributed by atoms with Crippen LogP contribution in [0.25, 0.3) is 6.08 Å². The number of hydrogen-bond acceptors (Lipinski definition) is 3. The summed E-state index contributed by atoms with van der Waals surface area (Å²) in [5, 5.41) is 6.31. The van der Waals surface area contributed by atoms with Gasteiger partial charge >= 0.3 is 6.03 Å². The zero-order valence-corrected chi connectivity index (χ0v) is 17.0. The van der Waals surface area contributed by atoms with E-state index in [1.54, 1.807) is 31.4 Å². The molecular weight excluding hydrogens is 390 g/mol. The number of carbonyl (C=O) groups excluding carboxylic acids is 2. The molecule has 1 fully saturated rings. The fourth-order valence-corrected chi connectivity index (χ4v) is 3.31. The lowest BCUT2D eigenvalue weighted by atomic mass is 10.2. The lowest BCUT2D eigenvalue weighted by molar-refractivity contribution is -0.116. The Hall–Kier alpha value is -2.99. The number of rotatable bonds is 6. The summed E-state index contributed by atoms with van der Waals surface area (Å²) in [7, 11) is 1.57. The summed E-state index contributed by atoms with van der Waals surface area (Å²) in [5.41, 5.74) is 2.33. The van der Waals surface area contributed by atoms with Gasteiger partial charge in [-0.15, -0.1) is 0 Å². The predicted octanol–water partition coefficient (Wildman–Crippen LogP) is 4.31. The topological polar surface area (TPSA) is 70.7 Å². The smallest absolute Gasteiger partial charge is 0.321 e. The molecule has 2 N–H and O–H groups in total. The number of anilines is 1. The van der Waals surface area contributed by atoms with E-state index >= 15 is 0 Å². The van der Waals surface area contributed by atoms with E-state index in [4.69, 9.17) is 16.3 Å². The van der Waals surface area contributed by atoms with Crippen molar-refractivity contribution in [3.63, 3.8) is 0 Å². The van der Waals surface area contributed by atoms with E-state index in [0.717, 1.165) is 37.1 Å². The van der Waals surface area contributed by atoms with E-state index in [2.05, 4.69) is 10.6 Å². The molecule has 0 aromatic heterocycles. The van der Waals surface area contributed by atoms with Crippen LogP contribution in [-0.4, -0.2) is 37.0 Å². The standard InChI is InChI=1S/C22H24ClN3O3/c1-29-20-9-8-18(23)14-17(20)7-10-21(27)24-15-16-5-4-6-19(13-16)25-22(28)26-11-2-3-12-26/h4-10,13-14H,2-3,11-12,15H2,1H3,(H,24,27)(H,25,28)/b10-7+. The SMILES string of the molecule is COc1ccc(Cl)cc1/C=C/C(=O)NCc1cccc(NC(=O)N2CCCC2)c1. The summed E-state index contributed by atoms with van der Waals surface area (Å²) in [6.45, 7) is 1.94. The molecule has 6 nitrogen and oxygen atoms in total. The summed E-state index contributed by atoms with van der Waals surface area (Å²) in [4.78, 5) is 26.2. The van der Waals surface area contributed by atoms with Crippen LogP contribution in [0, 0.1) is 0 Å². The molecular formula is C22H24ClN3O3. The van der Waals surface area contributed by atoms with Gasteiger partial charge in [0.1, 0.15) is 5.75 Å². The Morgan fingerprint density at radius 1 is 1.17 bits per heavy atom. The largest absolute Gasteiger partial charge is 0.496 e. The van der Waals surface area contributed by atoms with Crippen molar-refractivity contribution < 1.29 is 14.3 Å². The Balaban J connectivity index is 1.55. The van der Waals surface area contributed by atoms with E-state index in [-0.39, 0.29) is 11.9 Å². The van der Waals surface area contributed by atoms with Gasteiger partial charge in [-0.3, -0.25) is 4.79 Å². The van der Waals surface area contributed by atoms with Crippen LogP contribution in [0.2, 0.25) is 5.02 Å². The number of amides is 3. The molecule has 0 unspecified atom stereocenters. The van der Waals surface area contributed by atoms with Crippen molar-refractivity contribution in [1.29, 1.82) is 0 Å². The molecule has 3 rings (SSSR count). The highest BCUT2D eigenvalue weighted by Crippen LogP contribution is 2.23. The Morgan fingerprint density at radius 2 is 1.97 bits per heavy atom. The minimum atomic E-state index is -0.237. The lowest BCUT2D eigenvalue weighted by Crippen LogP contribution is -2.32. The molecule has 0 bridgehead atoms. The molecule has 0 aliphatic carbocycles. The quantitative estimate of drug-likeness (QED) is 0.693. The van der Waals surface area contributed by atoms with E-state index < -0.39 is 0 Å². The van der Waals surface area contributed by atoms with Crippen LogP contribution in [0.4, 0.5) is 10.5 Å².